The Hall–Kier alpha value is 0.01000. The Morgan fingerprint density at radius 2 is 2.30 bits per heavy atom. The minimum absolute atomic E-state index is 0.460. The number of aliphatic hydroxyl groups excluding tert-OH is 1. The molecule has 0 aliphatic heterocycles. The molecule has 0 heterocycles. The van der Waals surface area contributed by atoms with Gasteiger partial charge in [-0.2, -0.15) is 0 Å². The van der Waals surface area contributed by atoms with Crippen LogP contribution < -0.4 is 0 Å². The molecule has 10 heavy (non-hydrogen) atoms. The first-order valence-electron chi connectivity index (χ1n) is 3.26. The van der Waals surface area contributed by atoms with Crippen molar-refractivity contribution in [3.05, 3.63) is 24.0 Å². The predicted octanol–water partition coefficient (Wildman–Crippen LogP) is 2.52. The maximum absolute atomic E-state index is 9.13. The standard InChI is InChI=1S/C8H13IO/c1-9(2)7-4-3-5-8(10)6-7/h3,5-7,10H,4H2,1-2H3. The average molecular weight is 252 g/mol. The molecule has 1 N–H and O–H groups in total. The van der Waals surface area contributed by atoms with Crippen LogP contribution in [0.25, 0.3) is 0 Å². The quantitative estimate of drug-likeness (QED) is 0.561. The molecular formula is C8H13IO. The van der Waals surface area contributed by atoms with Crippen LogP contribution in [0.3, 0.4) is 0 Å². The fraction of sp³-hybridized carbons (Fsp3) is 0.500. The van der Waals surface area contributed by atoms with Gasteiger partial charge in [-0.05, 0) is 0 Å². The first-order chi connectivity index (χ1) is 4.70. The van der Waals surface area contributed by atoms with Gasteiger partial charge in [-0.3, -0.25) is 0 Å². The van der Waals surface area contributed by atoms with E-state index in [2.05, 4.69) is 15.9 Å². The van der Waals surface area contributed by atoms with Gasteiger partial charge in [-0.25, -0.2) is 0 Å². The molecule has 1 nitrogen and oxygen atoms in total. The Morgan fingerprint density at radius 3 is 2.70 bits per heavy atom. The Bertz CT molecular complexity index is 170. The Kier molecular flexibility index (Phi) is 2.77. The van der Waals surface area contributed by atoms with E-state index in [4.69, 9.17) is 5.11 Å². The van der Waals surface area contributed by atoms with Crippen LogP contribution in [0.4, 0.5) is 0 Å². The Morgan fingerprint density at radius 1 is 1.60 bits per heavy atom. The van der Waals surface area contributed by atoms with E-state index in [9.17, 15) is 0 Å². The second kappa shape index (κ2) is 3.42. The van der Waals surface area contributed by atoms with Gasteiger partial charge < -0.3 is 0 Å². The van der Waals surface area contributed by atoms with E-state index >= 15 is 0 Å². The van der Waals surface area contributed by atoms with Gasteiger partial charge in [0.1, 0.15) is 0 Å². The van der Waals surface area contributed by atoms with Gasteiger partial charge in [0.05, 0.1) is 0 Å². The molecule has 0 spiro atoms. The number of hydrogen-bond acceptors (Lipinski definition) is 1. The van der Waals surface area contributed by atoms with E-state index in [-0.39, 0.29) is 0 Å². The molecule has 1 unspecified atom stereocenters. The van der Waals surface area contributed by atoms with E-state index in [1.54, 1.807) is 6.08 Å². The van der Waals surface area contributed by atoms with E-state index in [0.717, 1.165) is 6.42 Å². The van der Waals surface area contributed by atoms with Gasteiger partial charge >= 0.3 is 69.1 Å². The van der Waals surface area contributed by atoms with Crippen LogP contribution in [0.2, 0.25) is 0 Å². The van der Waals surface area contributed by atoms with E-state index in [1.807, 2.05) is 6.08 Å². The van der Waals surface area contributed by atoms with Crippen LogP contribution in [0, 0.1) is 0 Å². The number of hydrogen-bond donors (Lipinski definition) is 1. The molecule has 1 aliphatic rings. The van der Waals surface area contributed by atoms with E-state index < -0.39 is 19.8 Å². The average Bonchev–Trinajstić information content (AvgIpc) is 1.88. The van der Waals surface area contributed by atoms with Crippen molar-refractivity contribution in [2.24, 2.45) is 0 Å². The van der Waals surface area contributed by atoms with Crippen LogP contribution in [0.5, 0.6) is 0 Å². The summed E-state index contributed by atoms with van der Waals surface area (Å²) in [4.78, 5) is 4.66. The second-order valence-electron chi connectivity index (χ2n) is 2.56. The van der Waals surface area contributed by atoms with Crippen molar-refractivity contribution >= 4 is 19.8 Å². The van der Waals surface area contributed by atoms with Crippen LogP contribution in [0.1, 0.15) is 6.42 Å². The summed E-state index contributed by atoms with van der Waals surface area (Å²) in [7, 11) is 0. The molecule has 2 heteroatoms. The normalized spacial score (nSPS) is 26.0. The van der Waals surface area contributed by atoms with Crippen LogP contribution in [-0.2, 0) is 0 Å². The monoisotopic (exact) mass is 252 g/mol. The van der Waals surface area contributed by atoms with Crippen molar-refractivity contribution in [3.8, 4) is 0 Å². The fourth-order valence-corrected chi connectivity index (χ4v) is 3.33. The van der Waals surface area contributed by atoms with Crippen LogP contribution in [-0.4, -0.2) is 18.9 Å². The van der Waals surface area contributed by atoms with Gasteiger partial charge in [-0.1, -0.05) is 0 Å². The van der Waals surface area contributed by atoms with Crippen molar-refractivity contribution in [1.29, 1.82) is 0 Å². The zero-order valence-electron chi connectivity index (χ0n) is 6.34. The van der Waals surface area contributed by atoms with Crippen molar-refractivity contribution in [3.63, 3.8) is 0 Å². The SMILES string of the molecule is CI(C)C1C=C(O)C=CC1. The van der Waals surface area contributed by atoms with Gasteiger partial charge in [0.2, 0.25) is 0 Å². The third-order valence-electron chi connectivity index (χ3n) is 1.56. The summed E-state index contributed by atoms with van der Waals surface area (Å²) in [5.41, 5.74) is 0. The molecule has 0 aromatic heterocycles. The molecule has 0 bridgehead atoms. The topological polar surface area (TPSA) is 20.2 Å². The number of alkyl halides is 3. The third-order valence-corrected chi connectivity index (χ3v) is 5.63. The summed E-state index contributed by atoms with van der Waals surface area (Å²) < 4.78 is 0.689. The van der Waals surface area contributed by atoms with Crippen LogP contribution in [0.15, 0.2) is 24.0 Å². The zero-order chi connectivity index (χ0) is 7.56. The molecule has 0 radical (unpaired) electrons. The summed E-state index contributed by atoms with van der Waals surface area (Å²) >= 11 is -0.733. The third kappa shape index (κ3) is 2.01. The second-order valence-corrected chi connectivity index (χ2v) is 8.81. The minimum atomic E-state index is -0.733. The molecule has 1 aliphatic carbocycles. The van der Waals surface area contributed by atoms with E-state index in [0.29, 0.717) is 9.68 Å². The molecular weight excluding hydrogens is 239 g/mol. The number of rotatable bonds is 1. The van der Waals surface area contributed by atoms with Gasteiger partial charge in [-0.15, -0.1) is 0 Å². The molecule has 0 saturated carbocycles. The summed E-state index contributed by atoms with van der Waals surface area (Å²) in [5.74, 6) is 0.460. The summed E-state index contributed by atoms with van der Waals surface area (Å²) in [6.07, 6.45) is 7.00. The van der Waals surface area contributed by atoms with Crippen LogP contribution >= 0.6 is 19.8 Å². The molecule has 58 valence electrons. The molecule has 1 rings (SSSR count). The summed E-state index contributed by atoms with van der Waals surface area (Å²) in [6, 6.07) is 0. The summed E-state index contributed by atoms with van der Waals surface area (Å²) in [6.45, 7) is 0. The van der Waals surface area contributed by atoms with Crippen molar-refractivity contribution < 1.29 is 5.11 Å². The molecule has 0 aromatic carbocycles. The molecule has 0 aromatic rings. The summed E-state index contributed by atoms with van der Waals surface area (Å²) in [5, 5.41) is 9.13. The first kappa shape index (κ1) is 8.11. The number of aliphatic hydroxyl groups is 1. The van der Waals surface area contributed by atoms with Crippen molar-refractivity contribution in [1.82, 2.24) is 0 Å². The van der Waals surface area contributed by atoms with Gasteiger partial charge in [0, 0.05) is 0 Å². The zero-order valence-corrected chi connectivity index (χ0v) is 8.50. The van der Waals surface area contributed by atoms with Gasteiger partial charge in [0.25, 0.3) is 0 Å². The van der Waals surface area contributed by atoms with Crippen molar-refractivity contribution in [2.75, 3.05) is 9.86 Å². The number of allylic oxidation sites excluding steroid dienone is 3. The van der Waals surface area contributed by atoms with Gasteiger partial charge in [0.15, 0.2) is 0 Å². The molecule has 0 fully saturated rings. The Balaban J connectivity index is 2.60. The predicted molar refractivity (Wildman–Crippen MR) is 54.1 cm³/mol. The van der Waals surface area contributed by atoms with Crippen molar-refractivity contribution in [2.45, 2.75) is 10.3 Å². The molecule has 0 saturated heterocycles. The molecule has 0 amide bonds. The first-order valence-corrected chi connectivity index (χ1v) is 8.82. The fourth-order valence-electron chi connectivity index (χ4n) is 0.932. The maximum atomic E-state index is 9.13. The molecule has 1 atom stereocenters. The number of halogens is 1. The Labute approximate surface area is 69.2 Å². The van der Waals surface area contributed by atoms with E-state index in [1.165, 1.54) is 0 Å².